The second-order valence-electron chi connectivity index (χ2n) is 6.56. The molecular formula is C17H24Cl2N2O2. The summed E-state index contributed by atoms with van der Waals surface area (Å²) in [5.41, 5.74) is 6.20. The number of hydrogen-bond donors (Lipinski definition) is 2. The van der Waals surface area contributed by atoms with E-state index in [-0.39, 0.29) is 36.4 Å². The van der Waals surface area contributed by atoms with Crippen LogP contribution < -0.4 is 15.8 Å². The molecule has 5 atom stereocenters. The van der Waals surface area contributed by atoms with Gasteiger partial charge in [0.2, 0.25) is 5.91 Å². The highest BCUT2D eigenvalue weighted by atomic mass is 35.5. The van der Waals surface area contributed by atoms with Crippen molar-refractivity contribution in [3.8, 4) is 5.75 Å². The maximum absolute atomic E-state index is 12.4. The number of benzene rings is 1. The van der Waals surface area contributed by atoms with Gasteiger partial charge in [0.05, 0.1) is 12.5 Å². The van der Waals surface area contributed by atoms with Gasteiger partial charge in [-0.05, 0) is 62.3 Å². The van der Waals surface area contributed by atoms with Crippen LogP contribution in [-0.4, -0.2) is 24.6 Å². The number of halogens is 2. The van der Waals surface area contributed by atoms with Crippen molar-refractivity contribution >= 4 is 29.9 Å². The molecule has 2 saturated carbocycles. The van der Waals surface area contributed by atoms with Crippen molar-refractivity contribution in [1.82, 2.24) is 5.32 Å². The van der Waals surface area contributed by atoms with Crippen LogP contribution in [0.5, 0.6) is 5.75 Å². The molecule has 1 aromatic rings. The lowest BCUT2D eigenvalue weighted by molar-refractivity contribution is -0.127. The van der Waals surface area contributed by atoms with Crippen LogP contribution in [0, 0.1) is 17.8 Å². The number of nitrogens with two attached hydrogens (primary N) is 1. The number of fused-ring (bicyclic) bond motifs is 2. The van der Waals surface area contributed by atoms with Crippen molar-refractivity contribution in [2.75, 3.05) is 6.54 Å². The minimum atomic E-state index is -0.0973. The molecule has 0 saturated heterocycles. The molecule has 128 valence electrons. The van der Waals surface area contributed by atoms with Crippen LogP contribution in [0.4, 0.5) is 0 Å². The normalized spacial score (nSPS) is 29.7. The molecule has 23 heavy (non-hydrogen) atoms. The standard InChI is InChI=1S/C17H23ClN2O2.ClH/c1-10(22-14-6-4-13(18)5-7-14)9-20-17(21)15-11-2-3-12(8-11)16(15)19;/h4-7,10-12,15-16H,2-3,8-9,19H2,1H3,(H,20,21);1H. The Morgan fingerprint density at radius 2 is 2.00 bits per heavy atom. The first kappa shape index (κ1) is 18.4. The van der Waals surface area contributed by atoms with Gasteiger partial charge in [-0.3, -0.25) is 4.79 Å². The fourth-order valence-corrected chi connectivity index (χ4v) is 4.00. The van der Waals surface area contributed by atoms with Crippen LogP contribution in [0.25, 0.3) is 0 Å². The van der Waals surface area contributed by atoms with Crippen LogP contribution in [0.1, 0.15) is 26.2 Å². The molecular weight excluding hydrogens is 335 g/mol. The van der Waals surface area contributed by atoms with Gasteiger partial charge in [-0.15, -0.1) is 12.4 Å². The summed E-state index contributed by atoms with van der Waals surface area (Å²) in [7, 11) is 0. The van der Waals surface area contributed by atoms with Crippen LogP contribution >= 0.6 is 24.0 Å². The van der Waals surface area contributed by atoms with Gasteiger partial charge in [-0.1, -0.05) is 11.6 Å². The van der Waals surface area contributed by atoms with E-state index in [0.717, 1.165) is 18.6 Å². The first-order valence-electron chi connectivity index (χ1n) is 8.00. The summed E-state index contributed by atoms with van der Waals surface area (Å²) in [5.74, 6) is 1.85. The Labute approximate surface area is 148 Å². The third-order valence-electron chi connectivity index (χ3n) is 5.00. The molecule has 0 heterocycles. The van der Waals surface area contributed by atoms with Gasteiger partial charge in [0.15, 0.2) is 0 Å². The molecule has 0 aliphatic heterocycles. The molecule has 2 bridgehead atoms. The number of carbonyl (C=O) groups excluding carboxylic acids is 1. The van der Waals surface area contributed by atoms with E-state index in [4.69, 9.17) is 22.1 Å². The highest BCUT2D eigenvalue weighted by molar-refractivity contribution is 6.30. The predicted octanol–water partition coefficient (Wildman–Crippen LogP) is 3.02. The van der Waals surface area contributed by atoms with Crippen molar-refractivity contribution < 1.29 is 9.53 Å². The zero-order chi connectivity index (χ0) is 15.7. The Balaban J connectivity index is 0.00000192. The van der Waals surface area contributed by atoms with Crippen molar-refractivity contribution in [2.45, 2.75) is 38.3 Å². The molecule has 3 rings (SSSR count). The lowest BCUT2D eigenvalue weighted by Gasteiger charge is -2.27. The van der Waals surface area contributed by atoms with Crippen molar-refractivity contribution in [3.05, 3.63) is 29.3 Å². The van der Waals surface area contributed by atoms with Gasteiger partial charge in [0.25, 0.3) is 0 Å². The lowest BCUT2D eigenvalue weighted by atomic mass is 9.84. The Bertz CT molecular complexity index is 536. The zero-order valence-corrected chi connectivity index (χ0v) is 14.8. The molecule has 0 spiro atoms. The third-order valence-corrected chi connectivity index (χ3v) is 5.25. The number of nitrogens with one attached hydrogen (secondary N) is 1. The molecule has 0 radical (unpaired) electrons. The van der Waals surface area contributed by atoms with E-state index in [1.807, 2.05) is 19.1 Å². The molecule has 6 heteroatoms. The Hall–Kier alpha value is -0.970. The summed E-state index contributed by atoms with van der Waals surface area (Å²) in [6, 6.07) is 7.26. The molecule has 5 unspecified atom stereocenters. The molecule has 2 fully saturated rings. The smallest absolute Gasteiger partial charge is 0.225 e. The van der Waals surface area contributed by atoms with Gasteiger partial charge in [0, 0.05) is 11.1 Å². The van der Waals surface area contributed by atoms with Gasteiger partial charge >= 0.3 is 0 Å². The first-order valence-corrected chi connectivity index (χ1v) is 8.38. The van der Waals surface area contributed by atoms with Crippen molar-refractivity contribution in [3.63, 3.8) is 0 Å². The molecule has 2 aliphatic rings. The SMILES string of the molecule is CC(CNC(=O)C1C2CCC(C2)C1N)Oc1ccc(Cl)cc1.Cl. The second kappa shape index (κ2) is 7.73. The average molecular weight is 359 g/mol. The molecule has 1 amide bonds. The van der Waals surface area contributed by atoms with Crippen LogP contribution in [-0.2, 0) is 4.79 Å². The lowest BCUT2D eigenvalue weighted by Crippen LogP contribution is -2.47. The fourth-order valence-electron chi connectivity index (χ4n) is 3.87. The molecule has 0 aromatic heterocycles. The summed E-state index contributed by atoms with van der Waals surface area (Å²) >= 11 is 5.84. The van der Waals surface area contributed by atoms with Crippen LogP contribution in [0.2, 0.25) is 5.02 Å². The van der Waals surface area contributed by atoms with Gasteiger partial charge < -0.3 is 15.8 Å². The molecule has 3 N–H and O–H groups in total. The highest BCUT2D eigenvalue weighted by Gasteiger charge is 2.48. The summed E-state index contributed by atoms with van der Waals surface area (Å²) in [5, 5.41) is 3.68. The predicted molar refractivity (Wildman–Crippen MR) is 94.1 cm³/mol. The van der Waals surface area contributed by atoms with Gasteiger partial charge in [-0.25, -0.2) is 0 Å². The number of ether oxygens (including phenoxy) is 1. The Kier molecular flexibility index (Phi) is 6.18. The average Bonchev–Trinajstić information content (AvgIpc) is 3.08. The monoisotopic (exact) mass is 358 g/mol. The van der Waals surface area contributed by atoms with E-state index in [9.17, 15) is 4.79 Å². The van der Waals surface area contributed by atoms with Gasteiger partial charge in [0.1, 0.15) is 11.9 Å². The first-order chi connectivity index (χ1) is 10.5. The number of hydrogen-bond acceptors (Lipinski definition) is 3. The highest BCUT2D eigenvalue weighted by Crippen LogP contribution is 2.47. The van der Waals surface area contributed by atoms with E-state index in [1.165, 1.54) is 6.42 Å². The van der Waals surface area contributed by atoms with Crippen molar-refractivity contribution in [2.24, 2.45) is 23.5 Å². The number of carbonyl (C=O) groups is 1. The van der Waals surface area contributed by atoms with Crippen LogP contribution in [0.3, 0.4) is 0 Å². The molecule has 1 aromatic carbocycles. The van der Waals surface area contributed by atoms with E-state index >= 15 is 0 Å². The van der Waals surface area contributed by atoms with Crippen LogP contribution in [0.15, 0.2) is 24.3 Å². The zero-order valence-electron chi connectivity index (χ0n) is 13.2. The minimum Gasteiger partial charge on any atom is -0.489 e. The second-order valence-corrected chi connectivity index (χ2v) is 7.00. The summed E-state index contributed by atoms with van der Waals surface area (Å²) in [4.78, 5) is 12.4. The Morgan fingerprint density at radius 1 is 1.35 bits per heavy atom. The molecule has 2 aliphatic carbocycles. The summed E-state index contributed by atoms with van der Waals surface area (Å²) in [6.07, 6.45) is 3.36. The van der Waals surface area contributed by atoms with E-state index in [2.05, 4.69) is 5.32 Å². The maximum atomic E-state index is 12.4. The quantitative estimate of drug-likeness (QED) is 0.850. The van der Waals surface area contributed by atoms with E-state index < -0.39 is 0 Å². The number of rotatable bonds is 5. The topological polar surface area (TPSA) is 64.4 Å². The van der Waals surface area contributed by atoms with Crippen molar-refractivity contribution in [1.29, 1.82) is 0 Å². The number of amides is 1. The summed E-state index contributed by atoms with van der Waals surface area (Å²) in [6.45, 7) is 2.43. The van der Waals surface area contributed by atoms with E-state index in [1.54, 1.807) is 12.1 Å². The third kappa shape index (κ3) is 4.11. The largest absolute Gasteiger partial charge is 0.489 e. The van der Waals surface area contributed by atoms with Gasteiger partial charge in [-0.2, -0.15) is 0 Å². The maximum Gasteiger partial charge on any atom is 0.225 e. The van der Waals surface area contributed by atoms with E-state index in [0.29, 0.717) is 23.4 Å². The molecule has 4 nitrogen and oxygen atoms in total. The Morgan fingerprint density at radius 3 is 2.61 bits per heavy atom. The minimum absolute atomic E-state index is 0. The fraction of sp³-hybridized carbons (Fsp3) is 0.588. The summed E-state index contributed by atoms with van der Waals surface area (Å²) < 4.78 is 5.77.